The summed E-state index contributed by atoms with van der Waals surface area (Å²) in [4.78, 5) is 11.3. The Bertz CT molecular complexity index is 378. The SMILES string of the molecule is C=C/C=C\C(=C/C)CC(C/C(=C/CC)C(N)=O)OC. The molecule has 3 heteroatoms. The van der Waals surface area contributed by atoms with Gasteiger partial charge in [-0.15, -0.1) is 0 Å². The number of allylic oxidation sites excluding steroid dienone is 5. The third-order valence-electron chi connectivity index (χ3n) is 2.83. The highest BCUT2D eigenvalue weighted by molar-refractivity contribution is 5.91. The van der Waals surface area contributed by atoms with E-state index in [-0.39, 0.29) is 12.0 Å². The monoisotopic (exact) mass is 263 g/mol. The summed E-state index contributed by atoms with van der Waals surface area (Å²) in [7, 11) is 1.65. The molecular weight excluding hydrogens is 238 g/mol. The van der Waals surface area contributed by atoms with E-state index in [0.29, 0.717) is 12.0 Å². The van der Waals surface area contributed by atoms with Gasteiger partial charge in [-0.1, -0.05) is 43.9 Å². The van der Waals surface area contributed by atoms with E-state index >= 15 is 0 Å². The maximum atomic E-state index is 11.3. The molecule has 0 heterocycles. The molecule has 1 unspecified atom stereocenters. The molecule has 0 fully saturated rings. The molecule has 0 aliphatic heterocycles. The number of nitrogens with two attached hydrogens (primary N) is 1. The highest BCUT2D eigenvalue weighted by atomic mass is 16.5. The quantitative estimate of drug-likeness (QED) is 0.512. The normalized spacial score (nSPS) is 14.7. The third kappa shape index (κ3) is 7.42. The van der Waals surface area contributed by atoms with Gasteiger partial charge in [-0.25, -0.2) is 0 Å². The lowest BCUT2D eigenvalue weighted by molar-refractivity contribution is -0.115. The minimum Gasteiger partial charge on any atom is -0.381 e. The number of ether oxygens (including phenoxy) is 1. The summed E-state index contributed by atoms with van der Waals surface area (Å²) in [5.41, 5.74) is 7.15. The van der Waals surface area contributed by atoms with Gasteiger partial charge in [-0.05, 0) is 25.3 Å². The van der Waals surface area contributed by atoms with Crippen LogP contribution in [0.2, 0.25) is 0 Å². The van der Waals surface area contributed by atoms with Crippen LogP contribution in [0, 0.1) is 0 Å². The molecule has 3 nitrogen and oxygen atoms in total. The number of primary amides is 1. The molecular formula is C16H25NO2. The van der Waals surface area contributed by atoms with Gasteiger partial charge in [0.2, 0.25) is 5.91 Å². The number of carbonyl (C=O) groups is 1. The summed E-state index contributed by atoms with van der Waals surface area (Å²) in [6, 6.07) is 0. The van der Waals surface area contributed by atoms with Crippen LogP contribution in [-0.2, 0) is 9.53 Å². The number of rotatable bonds is 9. The molecule has 1 atom stereocenters. The van der Waals surface area contributed by atoms with Crippen LogP contribution in [0.25, 0.3) is 0 Å². The Hall–Kier alpha value is -1.61. The van der Waals surface area contributed by atoms with Gasteiger partial charge in [0.05, 0.1) is 6.10 Å². The molecule has 0 rings (SSSR count). The van der Waals surface area contributed by atoms with Crippen molar-refractivity contribution in [2.45, 2.75) is 39.2 Å². The second kappa shape index (κ2) is 10.3. The third-order valence-corrected chi connectivity index (χ3v) is 2.83. The molecule has 106 valence electrons. The lowest BCUT2D eigenvalue weighted by Gasteiger charge is -2.16. The second-order valence-electron chi connectivity index (χ2n) is 4.23. The summed E-state index contributed by atoms with van der Waals surface area (Å²) in [5, 5.41) is 0. The first kappa shape index (κ1) is 17.4. The predicted molar refractivity (Wildman–Crippen MR) is 80.7 cm³/mol. The van der Waals surface area contributed by atoms with Crippen molar-refractivity contribution >= 4 is 5.91 Å². The Morgan fingerprint density at radius 1 is 1.42 bits per heavy atom. The molecule has 0 saturated carbocycles. The van der Waals surface area contributed by atoms with Gasteiger partial charge in [0.25, 0.3) is 0 Å². The van der Waals surface area contributed by atoms with Gasteiger partial charge in [0.1, 0.15) is 0 Å². The van der Waals surface area contributed by atoms with Gasteiger partial charge >= 0.3 is 0 Å². The summed E-state index contributed by atoms with van der Waals surface area (Å²) >= 11 is 0. The van der Waals surface area contributed by atoms with E-state index in [1.54, 1.807) is 13.2 Å². The topological polar surface area (TPSA) is 52.3 Å². The molecule has 0 aliphatic rings. The lowest BCUT2D eigenvalue weighted by atomic mass is 9.99. The van der Waals surface area contributed by atoms with Crippen LogP contribution in [0.3, 0.4) is 0 Å². The Morgan fingerprint density at radius 2 is 2.11 bits per heavy atom. The van der Waals surface area contributed by atoms with Crippen molar-refractivity contribution in [2.75, 3.05) is 7.11 Å². The first-order valence-electron chi connectivity index (χ1n) is 6.54. The van der Waals surface area contributed by atoms with Gasteiger partial charge in [-0.2, -0.15) is 0 Å². The standard InChI is InChI=1S/C16H25NO2/c1-5-8-10-13(7-3)11-15(19-4)12-14(9-6-2)16(17)18/h5,7-10,15H,1,6,11-12H2,2-4H3,(H2,17,18)/b10-8-,13-7+,14-9-. The molecule has 19 heavy (non-hydrogen) atoms. The van der Waals surface area contributed by atoms with Crippen molar-refractivity contribution in [2.24, 2.45) is 5.73 Å². The van der Waals surface area contributed by atoms with Crippen molar-refractivity contribution < 1.29 is 9.53 Å². The molecule has 0 aromatic rings. The van der Waals surface area contributed by atoms with E-state index in [4.69, 9.17) is 10.5 Å². The molecule has 0 aromatic carbocycles. The molecule has 0 spiro atoms. The fraction of sp³-hybridized carbons (Fsp3) is 0.438. The molecule has 0 aromatic heterocycles. The number of amides is 1. The van der Waals surface area contributed by atoms with Gasteiger partial charge in [0.15, 0.2) is 0 Å². The van der Waals surface area contributed by atoms with Crippen LogP contribution in [-0.4, -0.2) is 19.1 Å². The minimum absolute atomic E-state index is 0.0500. The summed E-state index contributed by atoms with van der Waals surface area (Å²) < 4.78 is 5.44. The molecule has 0 radical (unpaired) electrons. The van der Waals surface area contributed by atoms with E-state index < -0.39 is 0 Å². The number of hydrogen-bond donors (Lipinski definition) is 1. The van der Waals surface area contributed by atoms with E-state index in [9.17, 15) is 4.79 Å². The van der Waals surface area contributed by atoms with Crippen molar-refractivity contribution in [3.8, 4) is 0 Å². The van der Waals surface area contributed by atoms with Crippen molar-refractivity contribution in [1.29, 1.82) is 0 Å². The Kier molecular flexibility index (Phi) is 9.45. The predicted octanol–water partition coefficient (Wildman–Crippen LogP) is 3.29. The number of hydrogen-bond acceptors (Lipinski definition) is 2. The van der Waals surface area contributed by atoms with Gasteiger partial charge in [0, 0.05) is 19.1 Å². The van der Waals surface area contributed by atoms with Crippen LogP contribution in [0.1, 0.15) is 33.1 Å². The van der Waals surface area contributed by atoms with Crippen LogP contribution >= 0.6 is 0 Å². The zero-order valence-electron chi connectivity index (χ0n) is 12.2. The average Bonchev–Trinajstić information content (AvgIpc) is 2.40. The van der Waals surface area contributed by atoms with E-state index in [0.717, 1.165) is 18.4 Å². The Balaban J connectivity index is 4.74. The average molecular weight is 263 g/mol. The first-order chi connectivity index (χ1) is 9.08. The minimum atomic E-state index is -0.368. The molecule has 0 saturated heterocycles. The maximum Gasteiger partial charge on any atom is 0.244 e. The fourth-order valence-corrected chi connectivity index (χ4v) is 1.75. The largest absolute Gasteiger partial charge is 0.381 e. The molecule has 0 aliphatic carbocycles. The van der Waals surface area contributed by atoms with Gasteiger partial charge in [-0.3, -0.25) is 4.79 Å². The molecule has 0 bridgehead atoms. The highest BCUT2D eigenvalue weighted by Gasteiger charge is 2.14. The van der Waals surface area contributed by atoms with Crippen LogP contribution in [0.4, 0.5) is 0 Å². The first-order valence-corrected chi connectivity index (χ1v) is 6.54. The fourth-order valence-electron chi connectivity index (χ4n) is 1.75. The highest BCUT2D eigenvalue weighted by Crippen LogP contribution is 2.17. The van der Waals surface area contributed by atoms with Crippen LogP contribution in [0.5, 0.6) is 0 Å². The maximum absolute atomic E-state index is 11.3. The van der Waals surface area contributed by atoms with Crippen molar-refractivity contribution in [1.82, 2.24) is 0 Å². The van der Waals surface area contributed by atoms with Crippen LogP contribution < -0.4 is 5.73 Å². The van der Waals surface area contributed by atoms with E-state index in [2.05, 4.69) is 6.58 Å². The summed E-state index contributed by atoms with van der Waals surface area (Å²) in [6.45, 7) is 7.61. The molecule has 2 N–H and O–H groups in total. The van der Waals surface area contributed by atoms with E-state index in [1.165, 1.54) is 0 Å². The van der Waals surface area contributed by atoms with Crippen molar-refractivity contribution in [3.63, 3.8) is 0 Å². The summed E-state index contributed by atoms with van der Waals surface area (Å²) in [6.07, 6.45) is 11.5. The smallest absolute Gasteiger partial charge is 0.244 e. The van der Waals surface area contributed by atoms with Crippen LogP contribution in [0.15, 0.2) is 48.1 Å². The van der Waals surface area contributed by atoms with E-state index in [1.807, 2.05) is 38.2 Å². The number of carbonyl (C=O) groups excluding carboxylic acids is 1. The Morgan fingerprint density at radius 3 is 2.53 bits per heavy atom. The molecule has 1 amide bonds. The van der Waals surface area contributed by atoms with Gasteiger partial charge < -0.3 is 10.5 Å². The van der Waals surface area contributed by atoms with Crippen molar-refractivity contribution in [3.05, 3.63) is 48.1 Å². The lowest BCUT2D eigenvalue weighted by Crippen LogP contribution is -2.20. The second-order valence-corrected chi connectivity index (χ2v) is 4.23. The number of methoxy groups -OCH3 is 1. The zero-order chi connectivity index (χ0) is 14.7. The zero-order valence-corrected chi connectivity index (χ0v) is 12.2. The Labute approximate surface area is 116 Å². The summed E-state index contributed by atoms with van der Waals surface area (Å²) in [5.74, 6) is -0.368.